The van der Waals surface area contributed by atoms with Crippen molar-refractivity contribution in [1.82, 2.24) is 15.0 Å². The Kier molecular flexibility index (Phi) is 1.53. The van der Waals surface area contributed by atoms with Gasteiger partial charge >= 0.3 is 0 Å². The molecule has 1 aromatic carbocycles. The number of aromatic nitrogens is 3. The highest BCUT2D eigenvalue weighted by molar-refractivity contribution is 6.30. The minimum atomic E-state index is 0.0356. The molecule has 2 fully saturated rings. The Balaban J connectivity index is 1.70. The third kappa shape index (κ3) is 1.17. The van der Waals surface area contributed by atoms with Crippen LogP contribution in [-0.2, 0) is 5.41 Å². The maximum absolute atomic E-state index is 6.08. The molecule has 2 aliphatic carbocycles. The van der Waals surface area contributed by atoms with Crippen molar-refractivity contribution in [2.24, 2.45) is 5.73 Å². The van der Waals surface area contributed by atoms with Gasteiger partial charge in [0.2, 0.25) is 0 Å². The second-order valence-corrected chi connectivity index (χ2v) is 5.55. The Morgan fingerprint density at radius 2 is 1.88 bits per heavy atom. The van der Waals surface area contributed by atoms with E-state index in [0.29, 0.717) is 0 Å². The summed E-state index contributed by atoms with van der Waals surface area (Å²) in [7, 11) is 0. The van der Waals surface area contributed by atoms with Gasteiger partial charge in [-0.2, -0.15) is 0 Å². The van der Waals surface area contributed by atoms with Crippen LogP contribution in [0.2, 0.25) is 5.02 Å². The summed E-state index contributed by atoms with van der Waals surface area (Å²) in [6.07, 6.45) is 4.09. The normalized spacial score (nSPS) is 33.3. The molecule has 1 heterocycles. The first-order valence-electron chi connectivity index (χ1n) is 5.61. The zero-order chi connectivity index (χ0) is 11.7. The van der Waals surface area contributed by atoms with Gasteiger partial charge in [-0.15, -0.1) is 5.10 Å². The SMILES string of the molecule is NC12CC1(c1cn(-c3ccc(Cl)cc3)nn1)C2. The van der Waals surface area contributed by atoms with Crippen LogP contribution in [0.4, 0.5) is 0 Å². The second kappa shape index (κ2) is 2.71. The van der Waals surface area contributed by atoms with E-state index in [1.54, 1.807) is 4.68 Å². The molecule has 17 heavy (non-hydrogen) atoms. The van der Waals surface area contributed by atoms with Crippen LogP contribution in [-0.4, -0.2) is 20.5 Å². The van der Waals surface area contributed by atoms with Gasteiger partial charge in [-0.25, -0.2) is 4.68 Å². The highest BCUT2D eigenvalue weighted by Gasteiger charge is 2.83. The van der Waals surface area contributed by atoms with Gasteiger partial charge < -0.3 is 5.73 Å². The zero-order valence-corrected chi connectivity index (χ0v) is 9.85. The van der Waals surface area contributed by atoms with Gasteiger partial charge in [-0.05, 0) is 37.1 Å². The van der Waals surface area contributed by atoms with Crippen LogP contribution >= 0.6 is 11.6 Å². The standard InChI is InChI=1S/C12H11ClN4/c13-8-1-3-9(4-2-8)17-5-10(15-16-17)11-6-12(11,14)7-11/h1-5H,6-7,14H2. The van der Waals surface area contributed by atoms with Crippen LogP contribution in [0.15, 0.2) is 30.5 Å². The van der Waals surface area contributed by atoms with Crippen LogP contribution in [0.1, 0.15) is 18.5 Å². The van der Waals surface area contributed by atoms with Gasteiger partial charge in [0, 0.05) is 16.0 Å². The predicted octanol–water partition coefficient (Wildman–Crippen LogP) is 1.66. The summed E-state index contributed by atoms with van der Waals surface area (Å²) in [6.45, 7) is 0. The molecule has 0 radical (unpaired) electrons. The summed E-state index contributed by atoms with van der Waals surface area (Å²) < 4.78 is 1.78. The Morgan fingerprint density at radius 1 is 1.24 bits per heavy atom. The predicted molar refractivity (Wildman–Crippen MR) is 64.2 cm³/mol. The number of hydrogen-bond acceptors (Lipinski definition) is 3. The lowest BCUT2D eigenvalue weighted by atomic mass is 10.1. The van der Waals surface area contributed by atoms with Crippen molar-refractivity contribution in [2.75, 3.05) is 0 Å². The number of nitrogens with zero attached hydrogens (tertiary/aromatic N) is 3. The van der Waals surface area contributed by atoms with Gasteiger partial charge in [0.1, 0.15) is 0 Å². The van der Waals surface area contributed by atoms with Gasteiger partial charge in [0.05, 0.1) is 17.6 Å². The smallest absolute Gasteiger partial charge is 0.0913 e. The average Bonchev–Trinajstić information content (AvgIpc) is 2.96. The lowest BCUT2D eigenvalue weighted by Crippen LogP contribution is -2.08. The maximum atomic E-state index is 6.08. The molecule has 2 N–H and O–H groups in total. The summed E-state index contributed by atoms with van der Waals surface area (Å²) in [5.41, 5.74) is 8.26. The van der Waals surface area contributed by atoms with Crippen LogP contribution in [0, 0.1) is 0 Å². The van der Waals surface area contributed by atoms with Gasteiger partial charge in [0.15, 0.2) is 0 Å². The van der Waals surface area contributed by atoms with Crippen LogP contribution in [0.5, 0.6) is 0 Å². The lowest BCUT2D eigenvalue weighted by molar-refractivity contribution is 0.750. The van der Waals surface area contributed by atoms with Crippen LogP contribution in [0.25, 0.3) is 5.69 Å². The van der Waals surface area contributed by atoms with Crippen molar-refractivity contribution in [3.8, 4) is 5.69 Å². The second-order valence-electron chi connectivity index (χ2n) is 5.12. The molecule has 0 amide bonds. The van der Waals surface area contributed by atoms with Crippen molar-refractivity contribution >= 4 is 11.6 Å². The Bertz CT molecular complexity index is 595. The summed E-state index contributed by atoms with van der Waals surface area (Å²) in [5.74, 6) is 0. The monoisotopic (exact) mass is 246 g/mol. The topological polar surface area (TPSA) is 56.7 Å². The third-order valence-electron chi connectivity index (χ3n) is 4.01. The largest absolute Gasteiger partial charge is 0.324 e. The van der Waals surface area contributed by atoms with E-state index in [1.807, 2.05) is 30.5 Å². The molecule has 4 rings (SSSR count). The van der Waals surface area contributed by atoms with Crippen molar-refractivity contribution in [3.63, 3.8) is 0 Å². The molecule has 0 atom stereocenters. The molecule has 1 aromatic heterocycles. The quantitative estimate of drug-likeness (QED) is 0.877. The highest BCUT2D eigenvalue weighted by atomic mass is 35.5. The first kappa shape index (κ1) is 9.62. The molecular weight excluding hydrogens is 236 g/mol. The number of rotatable bonds is 2. The Morgan fingerprint density at radius 3 is 2.47 bits per heavy atom. The van der Waals surface area contributed by atoms with Gasteiger partial charge in [0.25, 0.3) is 0 Å². The van der Waals surface area contributed by atoms with Crippen molar-refractivity contribution in [3.05, 3.63) is 41.2 Å². The molecule has 0 unspecified atom stereocenters. The van der Waals surface area contributed by atoms with E-state index in [1.165, 1.54) is 0 Å². The first-order chi connectivity index (χ1) is 8.13. The van der Waals surface area contributed by atoms with E-state index in [-0.39, 0.29) is 11.0 Å². The molecule has 0 aliphatic heterocycles. The fraction of sp³-hybridized carbons (Fsp3) is 0.333. The average molecular weight is 247 g/mol. The molecule has 0 bridgehead atoms. The Hall–Kier alpha value is -1.39. The molecular formula is C12H11ClN4. The molecule has 2 saturated carbocycles. The van der Waals surface area contributed by atoms with Crippen molar-refractivity contribution in [1.29, 1.82) is 0 Å². The van der Waals surface area contributed by atoms with E-state index in [9.17, 15) is 0 Å². The molecule has 0 saturated heterocycles. The summed E-state index contributed by atoms with van der Waals surface area (Å²) >= 11 is 5.85. The molecule has 2 aromatic rings. The maximum Gasteiger partial charge on any atom is 0.0913 e. The molecule has 0 spiro atoms. The van der Waals surface area contributed by atoms with Crippen LogP contribution in [0.3, 0.4) is 0 Å². The number of halogens is 1. The zero-order valence-electron chi connectivity index (χ0n) is 9.10. The minimum absolute atomic E-state index is 0.0356. The van der Waals surface area contributed by atoms with E-state index in [4.69, 9.17) is 17.3 Å². The number of benzene rings is 1. The molecule has 5 heteroatoms. The number of hydrogen-bond donors (Lipinski definition) is 1. The van der Waals surface area contributed by atoms with E-state index >= 15 is 0 Å². The fourth-order valence-corrected chi connectivity index (χ4v) is 2.70. The van der Waals surface area contributed by atoms with E-state index in [2.05, 4.69) is 10.3 Å². The van der Waals surface area contributed by atoms with Gasteiger partial charge in [-0.1, -0.05) is 16.8 Å². The molecule has 4 nitrogen and oxygen atoms in total. The summed E-state index contributed by atoms with van der Waals surface area (Å²) in [6, 6.07) is 7.54. The number of nitrogens with two attached hydrogens (primary N) is 1. The van der Waals surface area contributed by atoms with E-state index < -0.39 is 0 Å². The van der Waals surface area contributed by atoms with Crippen LogP contribution < -0.4 is 5.73 Å². The first-order valence-corrected chi connectivity index (χ1v) is 5.99. The minimum Gasteiger partial charge on any atom is -0.324 e. The Labute approximate surface area is 103 Å². The highest BCUT2D eigenvalue weighted by Crippen LogP contribution is 2.76. The third-order valence-corrected chi connectivity index (χ3v) is 4.26. The van der Waals surface area contributed by atoms with Crippen molar-refractivity contribution < 1.29 is 0 Å². The number of fused-ring (bicyclic) bond motifs is 1. The summed E-state index contributed by atoms with van der Waals surface area (Å²) in [5, 5.41) is 9.10. The molecule has 2 aliphatic rings. The van der Waals surface area contributed by atoms with E-state index in [0.717, 1.165) is 29.2 Å². The van der Waals surface area contributed by atoms with Crippen molar-refractivity contribution in [2.45, 2.75) is 23.8 Å². The van der Waals surface area contributed by atoms with Gasteiger partial charge in [-0.3, -0.25) is 0 Å². The molecule has 86 valence electrons. The lowest BCUT2D eigenvalue weighted by Gasteiger charge is -1.99. The fourth-order valence-electron chi connectivity index (χ4n) is 2.58. The summed E-state index contributed by atoms with van der Waals surface area (Å²) in [4.78, 5) is 0.